The first-order valence-electron chi connectivity index (χ1n) is 10.6. The van der Waals surface area contributed by atoms with E-state index in [0.717, 1.165) is 44.3 Å². The minimum Gasteiger partial charge on any atom is -0.354 e. The van der Waals surface area contributed by atoms with Crippen LogP contribution in [0.4, 0.5) is 0 Å². The lowest BCUT2D eigenvalue weighted by Gasteiger charge is -2.40. The Morgan fingerprint density at radius 3 is 2.47 bits per heavy atom. The van der Waals surface area contributed by atoms with Crippen LogP contribution in [0.25, 0.3) is 0 Å². The second kappa shape index (κ2) is 11.1. The number of benzene rings is 1. The molecule has 8 heteroatoms. The number of rotatable bonds is 7. The van der Waals surface area contributed by atoms with Crippen molar-refractivity contribution in [2.24, 2.45) is 4.99 Å². The Hall–Kier alpha value is -2.45. The first-order valence-corrected chi connectivity index (χ1v) is 11.4. The van der Waals surface area contributed by atoms with E-state index < -0.39 is 0 Å². The molecule has 1 aliphatic rings. The third-order valence-corrected chi connectivity index (χ3v) is 6.41. The zero-order chi connectivity index (χ0) is 21.3. The van der Waals surface area contributed by atoms with E-state index in [0.29, 0.717) is 24.0 Å². The zero-order valence-corrected chi connectivity index (χ0v) is 18.9. The maximum Gasteiger partial charge on any atom is 0.263 e. The molecule has 3 rings (SSSR count). The van der Waals surface area contributed by atoms with Crippen molar-refractivity contribution in [1.29, 1.82) is 0 Å². The summed E-state index contributed by atoms with van der Waals surface area (Å²) in [6.07, 6.45) is 1.11. The van der Waals surface area contributed by atoms with Crippen molar-refractivity contribution in [3.05, 3.63) is 52.0 Å². The van der Waals surface area contributed by atoms with Gasteiger partial charge in [-0.15, -0.1) is 11.3 Å². The summed E-state index contributed by atoms with van der Waals surface area (Å²) >= 11 is 1.37. The summed E-state index contributed by atoms with van der Waals surface area (Å²) in [4.78, 5) is 26.3. The second-order valence-corrected chi connectivity index (χ2v) is 8.21. The number of nitrogens with one attached hydrogen (secondary N) is 2. The van der Waals surface area contributed by atoms with E-state index >= 15 is 0 Å². The van der Waals surface area contributed by atoms with Gasteiger partial charge in [-0.2, -0.15) is 0 Å². The van der Waals surface area contributed by atoms with Gasteiger partial charge < -0.3 is 15.5 Å². The molecule has 1 aromatic carbocycles. The molecule has 0 radical (unpaired) electrons. The van der Waals surface area contributed by atoms with Crippen LogP contribution in [0.5, 0.6) is 0 Å². The number of carbonyl (C=O) groups excluding carboxylic acids is 1. The van der Waals surface area contributed by atoms with Gasteiger partial charge in [-0.3, -0.25) is 14.7 Å². The van der Waals surface area contributed by atoms with Crippen molar-refractivity contribution in [1.82, 2.24) is 25.4 Å². The van der Waals surface area contributed by atoms with Crippen LogP contribution in [0, 0.1) is 6.92 Å². The van der Waals surface area contributed by atoms with Crippen LogP contribution in [-0.2, 0) is 0 Å². The average Bonchev–Trinajstić information content (AvgIpc) is 3.21. The highest BCUT2D eigenvalue weighted by Crippen LogP contribution is 2.25. The Labute approximate surface area is 183 Å². The number of aromatic nitrogens is 1. The van der Waals surface area contributed by atoms with Crippen LogP contribution in [0.1, 0.15) is 40.3 Å². The maximum atomic E-state index is 12.2. The molecule has 2 aromatic rings. The summed E-state index contributed by atoms with van der Waals surface area (Å²) in [6.45, 7) is 9.19. The Balaban J connectivity index is 1.43. The third-order valence-electron chi connectivity index (χ3n) is 5.48. The molecule has 7 nitrogen and oxygen atoms in total. The lowest BCUT2D eigenvalue weighted by molar-refractivity contribution is 0.0957. The molecule has 0 bridgehead atoms. The SMILES string of the molecule is CCC(c1ccccc1)N1CCN(C(=NC)NCCNC(=O)c2scnc2C)CC1. The molecule has 1 saturated heterocycles. The van der Waals surface area contributed by atoms with Crippen LogP contribution in [0.2, 0.25) is 0 Å². The Kier molecular flexibility index (Phi) is 8.21. The normalized spacial score (nSPS) is 16.4. The maximum absolute atomic E-state index is 12.2. The lowest BCUT2D eigenvalue weighted by atomic mass is 10.0. The van der Waals surface area contributed by atoms with E-state index in [1.807, 2.05) is 14.0 Å². The van der Waals surface area contributed by atoms with Crippen LogP contribution in [-0.4, -0.2) is 73.0 Å². The van der Waals surface area contributed by atoms with Gasteiger partial charge in [-0.05, 0) is 18.9 Å². The van der Waals surface area contributed by atoms with E-state index in [2.05, 4.69) is 67.7 Å². The fraction of sp³-hybridized carbons (Fsp3) is 0.500. The summed E-state index contributed by atoms with van der Waals surface area (Å²) in [5.41, 5.74) is 3.87. The number of nitrogens with zero attached hydrogens (tertiary/aromatic N) is 4. The van der Waals surface area contributed by atoms with Crippen molar-refractivity contribution in [3.8, 4) is 0 Å². The summed E-state index contributed by atoms with van der Waals surface area (Å²) < 4.78 is 0. The average molecular weight is 429 g/mol. The summed E-state index contributed by atoms with van der Waals surface area (Å²) in [6, 6.07) is 11.2. The van der Waals surface area contributed by atoms with E-state index in [9.17, 15) is 4.79 Å². The summed E-state index contributed by atoms with van der Waals surface area (Å²) in [7, 11) is 1.81. The molecule has 30 heavy (non-hydrogen) atoms. The zero-order valence-electron chi connectivity index (χ0n) is 18.1. The fourth-order valence-electron chi connectivity index (χ4n) is 3.91. The Bertz CT molecular complexity index is 829. The smallest absolute Gasteiger partial charge is 0.263 e. The van der Waals surface area contributed by atoms with Gasteiger partial charge in [-0.25, -0.2) is 4.98 Å². The number of aliphatic imine (C=N–C) groups is 1. The molecule has 1 aliphatic heterocycles. The monoisotopic (exact) mass is 428 g/mol. The predicted molar refractivity (Wildman–Crippen MR) is 123 cm³/mol. The highest BCUT2D eigenvalue weighted by atomic mass is 32.1. The van der Waals surface area contributed by atoms with Gasteiger partial charge in [0.05, 0.1) is 11.2 Å². The fourth-order valence-corrected chi connectivity index (χ4v) is 4.63. The van der Waals surface area contributed by atoms with E-state index in [-0.39, 0.29) is 5.91 Å². The topological polar surface area (TPSA) is 72.9 Å². The van der Waals surface area contributed by atoms with Gasteiger partial charge in [0.25, 0.3) is 5.91 Å². The summed E-state index contributed by atoms with van der Waals surface area (Å²) in [5.74, 6) is 0.831. The van der Waals surface area contributed by atoms with Crippen molar-refractivity contribution < 1.29 is 4.79 Å². The van der Waals surface area contributed by atoms with Crippen molar-refractivity contribution in [3.63, 3.8) is 0 Å². The Morgan fingerprint density at radius 1 is 1.17 bits per heavy atom. The number of carbonyl (C=O) groups is 1. The second-order valence-electron chi connectivity index (χ2n) is 7.35. The molecule has 1 aromatic heterocycles. The van der Waals surface area contributed by atoms with Gasteiger partial charge in [-0.1, -0.05) is 37.3 Å². The van der Waals surface area contributed by atoms with E-state index in [1.165, 1.54) is 16.9 Å². The molecule has 1 fully saturated rings. The number of thiazole rings is 1. The molecule has 162 valence electrons. The minimum absolute atomic E-state index is 0.0630. The first kappa shape index (κ1) is 22.2. The molecule has 2 heterocycles. The number of aryl methyl sites for hydroxylation is 1. The van der Waals surface area contributed by atoms with Gasteiger partial charge in [0.2, 0.25) is 0 Å². The van der Waals surface area contributed by atoms with Gasteiger partial charge in [0.15, 0.2) is 5.96 Å². The number of piperazine rings is 1. The number of amides is 1. The van der Waals surface area contributed by atoms with Crippen LogP contribution >= 0.6 is 11.3 Å². The standard InChI is InChI=1S/C22H32N6OS/c1-4-19(18-8-6-5-7-9-18)27-12-14-28(15-13-27)22(23-3)25-11-10-24-21(29)20-17(2)26-16-30-20/h5-9,16,19H,4,10-15H2,1-3H3,(H,23,25)(H,24,29). The van der Waals surface area contributed by atoms with Gasteiger partial charge in [0, 0.05) is 52.4 Å². The third kappa shape index (κ3) is 5.58. The molecule has 0 aliphatic carbocycles. The molecule has 1 amide bonds. The van der Waals surface area contributed by atoms with Crippen LogP contribution in [0.3, 0.4) is 0 Å². The highest BCUT2D eigenvalue weighted by Gasteiger charge is 2.25. The molecule has 1 atom stereocenters. The Morgan fingerprint density at radius 2 is 1.87 bits per heavy atom. The number of hydrogen-bond acceptors (Lipinski definition) is 5. The minimum atomic E-state index is -0.0630. The molecule has 0 saturated carbocycles. The molecular formula is C22H32N6OS. The molecule has 2 N–H and O–H groups in total. The molecule has 0 spiro atoms. The van der Waals surface area contributed by atoms with Gasteiger partial charge >= 0.3 is 0 Å². The lowest BCUT2D eigenvalue weighted by Crippen LogP contribution is -2.53. The van der Waals surface area contributed by atoms with Gasteiger partial charge in [0.1, 0.15) is 4.88 Å². The molecule has 1 unspecified atom stereocenters. The largest absolute Gasteiger partial charge is 0.354 e. The van der Waals surface area contributed by atoms with Crippen molar-refractivity contribution in [2.45, 2.75) is 26.3 Å². The van der Waals surface area contributed by atoms with Crippen LogP contribution in [0.15, 0.2) is 40.8 Å². The number of hydrogen-bond donors (Lipinski definition) is 2. The first-order chi connectivity index (χ1) is 14.6. The highest BCUT2D eigenvalue weighted by molar-refractivity contribution is 7.11. The predicted octanol–water partition coefficient (Wildman–Crippen LogP) is 2.53. The van der Waals surface area contributed by atoms with E-state index in [1.54, 1.807) is 5.51 Å². The van der Waals surface area contributed by atoms with Crippen molar-refractivity contribution in [2.75, 3.05) is 46.3 Å². The van der Waals surface area contributed by atoms with Crippen molar-refractivity contribution >= 4 is 23.2 Å². The number of guanidine groups is 1. The van der Waals surface area contributed by atoms with Crippen LogP contribution < -0.4 is 10.6 Å². The summed E-state index contributed by atoms with van der Waals surface area (Å²) in [5, 5.41) is 6.32. The molecular weight excluding hydrogens is 396 g/mol. The van der Waals surface area contributed by atoms with E-state index in [4.69, 9.17) is 0 Å². The quantitative estimate of drug-likeness (QED) is 0.403.